The molecule has 0 aliphatic rings. The number of halogens is 1. The van der Waals surface area contributed by atoms with Crippen molar-refractivity contribution in [1.82, 2.24) is 0 Å². The summed E-state index contributed by atoms with van der Waals surface area (Å²) < 4.78 is 4.74. The van der Waals surface area contributed by atoms with Crippen LogP contribution in [0.1, 0.15) is 10.4 Å². The van der Waals surface area contributed by atoms with Crippen molar-refractivity contribution in [3.05, 3.63) is 28.8 Å². The van der Waals surface area contributed by atoms with Gasteiger partial charge in [-0.2, -0.15) is 0 Å². The molecule has 0 saturated carbocycles. The Hall–Kier alpha value is -1.63. The number of anilines is 1. The first-order chi connectivity index (χ1) is 8.47. The number of carboxylic acid groups (broad SMARTS) is 1. The predicted molar refractivity (Wildman–Crippen MR) is 66.9 cm³/mol. The molecule has 0 aliphatic heterocycles. The predicted octanol–water partition coefficient (Wildman–Crippen LogP) is 0.950. The van der Waals surface area contributed by atoms with Gasteiger partial charge in [0.1, 0.15) is 11.6 Å². The molecule has 0 aromatic heterocycles. The number of hydrogen-bond acceptors (Lipinski definition) is 4. The highest BCUT2D eigenvalue weighted by Gasteiger charge is 2.19. The summed E-state index contributed by atoms with van der Waals surface area (Å²) in [5.41, 5.74) is 5.46. The average Bonchev–Trinajstić information content (AvgIpc) is 2.28. The van der Waals surface area contributed by atoms with Crippen LogP contribution in [0.2, 0.25) is 5.02 Å². The van der Waals surface area contributed by atoms with Gasteiger partial charge in [-0.05, 0) is 12.1 Å². The number of carbonyl (C=O) groups excluding carboxylic acids is 1. The SMILES string of the molecule is COCC(N)C(=O)Nc1cccc(Cl)c1C(=O)O. The number of rotatable bonds is 5. The second-order valence-corrected chi connectivity index (χ2v) is 3.93. The van der Waals surface area contributed by atoms with Gasteiger partial charge in [0.05, 0.1) is 17.3 Å². The standard InChI is InChI=1S/C11H13ClN2O4/c1-18-5-7(13)10(15)14-8-4-2-3-6(12)9(8)11(16)17/h2-4,7H,5,13H2,1H3,(H,14,15)(H,16,17). The largest absolute Gasteiger partial charge is 0.478 e. The number of ether oxygens (including phenoxy) is 1. The van der Waals surface area contributed by atoms with E-state index < -0.39 is 17.9 Å². The van der Waals surface area contributed by atoms with E-state index in [0.29, 0.717) is 0 Å². The van der Waals surface area contributed by atoms with Crippen molar-refractivity contribution in [2.24, 2.45) is 5.73 Å². The maximum Gasteiger partial charge on any atom is 0.339 e. The smallest absolute Gasteiger partial charge is 0.339 e. The topological polar surface area (TPSA) is 102 Å². The minimum atomic E-state index is -1.23. The summed E-state index contributed by atoms with van der Waals surface area (Å²) in [5, 5.41) is 11.5. The Bertz CT molecular complexity index is 464. The van der Waals surface area contributed by atoms with Gasteiger partial charge in [-0.25, -0.2) is 4.79 Å². The molecular formula is C11H13ClN2O4. The number of methoxy groups -OCH3 is 1. The number of aromatic carboxylic acids is 1. The van der Waals surface area contributed by atoms with Gasteiger partial charge >= 0.3 is 5.97 Å². The molecule has 0 fully saturated rings. The lowest BCUT2D eigenvalue weighted by Gasteiger charge is -2.13. The monoisotopic (exact) mass is 272 g/mol. The van der Waals surface area contributed by atoms with Crippen molar-refractivity contribution >= 4 is 29.2 Å². The second kappa shape index (κ2) is 6.34. The fourth-order valence-corrected chi connectivity index (χ4v) is 1.58. The molecule has 1 aromatic carbocycles. The van der Waals surface area contributed by atoms with Crippen LogP contribution in [0.25, 0.3) is 0 Å². The van der Waals surface area contributed by atoms with Crippen LogP contribution >= 0.6 is 11.6 Å². The van der Waals surface area contributed by atoms with Gasteiger partial charge in [-0.3, -0.25) is 4.79 Å². The molecule has 4 N–H and O–H groups in total. The lowest BCUT2D eigenvalue weighted by atomic mass is 10.1. The summed E-state index contributed by atoms with van der Waals surface area (Å²) in [5.74, 6) is -1.77. The average molecular weight is 273 g/mol. The van der Waals surface area contributed by atoms with E-state index in [0.717, 1.165) is 0 Å². The zero-order valence-electron chi connectivity index (χ0n) is 9.64. The highest BCUT2D eigenvalue weighted by molar-refractivity contribution is 6.34. The van der Waals surface area contributed by atoms with Gasteiger partial charge < -0.3 is 20.9 Å². The Morgan fingerprint density at radius 1 is 1.56 bits per heavy atom. The van der Waals surface area contributed by atoms with Crippen LogP contribution in [0.5, 0.6) is 0 Å². The number of carboxylic acids is 1. The number of benzene rings is 1. The molecule has 1 amide bonds. The van der Waals surface area contributed by atoms with E-state index in [-0.39, 0.29) is 22.9 Å². The molecule has 0 spiro atoms. The molecule has 1 atom stereocenters. The van der Waals surface area contributed by atoms with Crippen molar-refractivity contribution in [3.63, 3.8) is 0 Å². The first-order valence-electron chi connectivity index (χ1n) is 5.04. The fourth-order valence-electron chi connectivity index (χ4n) is 1.33. The third kappa shape index (κ3) is 3.43. The quantitative estimate of drug-likeness (QED) is 0.741. The van der Waals surface area contributed by atoms with E-state index in [9.17, 15) is 9.59 Å². The van der Waals surface area contributed by atoms with Crippen molar-refractivity contribution in [2.75, 3.05) is 19.0 Å². The maximum absolute atomic E-state index is 11.6. The molecule has 18 heavy (non-hydrogen) atoms. The number of hydrogen-bond donors (Lipinski definition) is 3. The Morgan fingerprint density at radius 2 is 2.22 bits per heavy atom. The van der Waals surface area contributed by atoms with Crippen molar-refractivity contribution in [1.29, 1.82) is 0 Å². The molecule has 1 rings (SSSR count). The van der Waals surface area contributed by atoms with Crippen molar-refractivity contribution in [3.8, 4) is 0 Å². The van der Waals surface area contributed by atoms with Gasteiger partial charge in [-0.15, -0.1) is 0 Å². The number of amides is 1. The van der Waals surface area contributed by atoms with Gasteiger partial charge in [0.25, 0.3) is 0 Å². The summed E-state index contributed by atoms with van der Waals surface area (Å²) in [6, 6.07) is 3.52. The molecular weight excluding hydrogens is 260 g/mol. The highest BCUT2D eigenvalue weighted by atomic mass is 35.5. The fraction of sp³-hybridized carbons (Fsp3) is 0.273. The van der Waals surface area contributed by atoms with E-state index in [1.165, 1.54) is 25.3 Å². The molecule has 0 heterocycles. The molecule has 98 valence electrons. The molecule has 6 nitrogen and oxygen atoms in total. The van der Waals surface area contributed by atoms with Crippen LogP contribution in [-0.2, 0) is 9.53 Å². The number of carbonyl (C=O) groups is 2. The third-order valence-corrected chi connectivity index (χ3v) is 2.48. The molecule has 1 aromatic rings. The molecule has 1 unspecified atom stereocenters. The number of nitrogens with one attached hydrogen (secondary N) is 1. The van der Waals surface area contributed by atoms with E-state index in [4.69, 9.17) is 27.2 Å². The Kier molecular flexibility index (Phi) is 5.08. The van der Waals surface area contributed by atoms with E-state index in [2.05, 4.69) is 5.32 Å². The molecule has 0 bridgehead atoms. The summed E-state index contributed by atoms with van der Waals surface area (Å²) in [6.07, 6.45) is 0. The van der Waals surface area contributed by atoms with E-state index in [1.807, 2.05) is 0 Å². The molecule has 0 aliphatic carbocycles. The van der Waals surface area contributed by atoms with Gasteiger partial charge in [0.2, 0.25) is 5.91 Å². The van der Waals surface area contributed by atoms with Crippen LogP contribution < -0.4 is 11.1 Å². The minimum absolute atomic E-state index is 0.0365. The van der Waals surface area contributed by atoms with Gasteiger partial charge in [0.15, 0.2) is 0 Å². The van der Waals surface area contributed by atoms with Crippen LogP contribution in [0.4, 0.5) is 5.69 Å². The molecule has 0 radical (unpaired) electrons. The van der Waals surface area contributed by atoms with Crippen molar-refractivity contribution < 1.29 is 19.4 Å². The Labute approximate surface area is 109 Å². The Morgan fingerprint density at radius 3 is 2.78 bits per heavy atom. The third-order valence-electron chi connectivity index (χ3n) is 2.17. The van der Waals surface area contributed by atoms with Crippen molar-refractivity contribution in [2.45, 2.75) is 6.04 Å². The number of nitrogens with two attached hydrogens (primary N) is 1. The first kappa shape index (κ1) is 14.4. The Balaban J connectivity index is 2.94. The van der Waals surface area contributed by atoms with Crippen LogP contribution in [-0.4, -0.2) is 36.7 Å². The first-order valence-corrected chi connectivity index (χ1v) is 5.42. The second-order valence-electron chi connectivity index (χ2n) is 3.52. The summed E-state index contributed by atoms with van der Waals surface area (Å²) in [4.78, 5) is 22.7. The zero-order chi connectivity index (χ0) is 13.7. The van der Waals surface area contributed by atoms with Gasteiger partial charge in [-0.1, -0.05) is 17.7 Å². The normalized spacial score (nSPS) is 11.9. The minimum Gasteiger partial charge on any atom is -0.478 e. The maximum atomic E-state index is 11.6. The lowest BCUT2D eigenvalue weighted by Crippen LogP contribution is -2.39. The zero-order valence-corrected chi connectivity index (χ0v) is 10.4. The lowest BCUT2D eigenvalue weighted by molar-refractivity contribution is -0.118. The molecule has 7 heteroatoms. The van der Waals surface area contributed by atoms with E-state index >= 15 is 0 Å². The summed E-state index contributed by atoms with van der Waals surface area (Å²) >= 11 is 5.76. The van der Waals surface area contributed by atoms with Crippen LogP contribution in [0.3, 0.4) is 0 Å². The summed E-state index contributed by atoms with van der Waals surface area (Å²) in [7, 11) is 1.41. The summed E-state index contributed by atoms with van der Waals surface area (Å²) in [6.45, 7) is 0.0365. The highest BCUT2D eigenvalue weighted by Crippen LogP contribution is 2.24. The van der Waals surface area contributed by atoms with Crippen LogP contribution in [0, 0.1) is 0 Å². The molecule has 0 saturated heterocycles. The van der Waals surface area contributed by atoms with Crippen LogP contribution in [0.15, 0.2) is 18.2 Å². The van der Waals surface area contributed by atoms with Gasteiger partial charge in [0, 0.05) is 7.11 Å². The van der Waals surface area contributed by atoms with E-state index in [1.54, 1.807) is 0 Å².